The van der Waals surface area contributed by atoms with Crippen molar-refractivity contribution >= 4 is 15.9 Å². The van der Waals surface area contributed by atoms with Crippen LogP contribution in [0.1, 0.15) is 70.7 Å². The van der Waals surface area contributed by atoms with Gasteiger partial charge in [-0.1, -0.05) is 46.0 Å². The van der Waals surface area contributed by atoms with Crippen LogP contribution in [0.3, 0.4) is 0 Å². The van der Waals surface area contributed by atoms with E-state index in [1.165, 1.54) is 25.7 Å². The van der Waals surface area contributed by atoms with E-state index in [0.717, 1.165) is 41.7 Å². The van der Waals surface area contributed by atoms with Crippen LogP contribution < -0.4 is 0 Å². The number of aryl methyl sites for hydroxylation is 2. The highest BCUT2D eigenvalue weighted by molar-refractivity contribution is 9.10. The number of aliphatic hydroxyl groups is 1. The molecule has 1 rings (SSSR count). The van der Waals surface area contributed by atoms with E-state index in [-0.39, 0.29) is 6.10 Å². The van der Waals surface area contributed by atoms with Crippen LogP contribution in [0.15, 0.2) is 4.47 Å². The molecule has 1 aromatic rings. The lowest BCUT2D eigenvalue weighted by Gasteiger charge is -2.12. The van der Waals surface area contributed by atoms with E-state index >= 15 is 0 Å². The average Bonchev–Trinajstić information content (AvgIpc) is 2.75. The third-order valence-electron chi connectivity index (χ3n) is 3.76. The summed E-state index contributed by atoms with van der Waals surface area (Å²) in [6.07, 6.45) is 8.50. The summed E-state index contributed by atoms with van der Waals surface area (Å²) in [5.74, 6) is 0. The Kier molecular flexibility index (Phi) is 8.46. The van der Waals surface area contributed by atoms with E-state index in [1.807, 2.05) is 4.68 Å². The van der Waals surface area contributed by atoms with Crippen LogP contribution in [0, 0.1) is 0 Å². The fourth-order valence-corrected chi connectivity index (χ4v) is 3.25. The molecule has 1 aromatic heterocycles. The first-order valence-corrected chi connectivity index (χ1v) is 8.85. The Hall–Kier alpha value is -0.350. The molecule has 0 aliphatic rings. The molecule has 0 aliphatic heterocycles. The van der Waals surface area contributed by atoms with E-state index in [2.05, 4.69) is 41.8 Å². The minimum atomic E-state index is -0.250. The molecular weight excluding hydrogens is 316 g/mol. The molecule has 1 heterocycles. The van der Waals surface area contributed by atoms with Gasteiger partial charge in [0.2, 0.25) is 0 Å². The molecule has 0 aliphatic carbocycles. The second-order valence-electron chi connectivity index (χ2n) is 5.44. The number of hydrogen-bond acceptors (Lipinski definition) is 2. The Labute approximate surface area is 131 Å². The van der Waals surface area contributed by atoms with Gasteiger partial charge in [0.1, 0.15) is 0 Å². The molecule has 0 amide bonds. The fourth-order valence-electron chi connectivity index (χ4n) is 2.52. The first-order valence-electron chi connectivity index (χ1n) is 8.06. The Morgan fingerprint density at radius 3 is 2.45 bits per heavy atom. The van der Waals surface area contributed by atoms with Crippen molar-refractivity contribution in [2.45, 2.75) is 84.8 Å². The van der Waals surface area contributed by atoms with Crippen molar-refractivity contribution in [3.05, 3.63) is 15.9 Å². The van der Waals surface area contributed by atoms with Crippen LogP contribution in [0.25, 0.3) is 0 Å². The third-order valence-corrected chi connectivity index (χ3v) is 4.68. The van der Waals surface area contributed by atoms with Gasteiger partial charge in [-0.25, -0.2) is 0 Å². The molecule has 116 valence electrons. The second-order valence-corrected chi connectivity index (χ2v) is 6.23. The van der Waals surface area contributed by atoms with Gasteiger partial charge in [-0.3, -0.25) is 4.68 Å². The van der Waals surface area contributed by atoms with Crippen LogP contribution in [0.4, 0.5) is 0 Å². The standard InChI is InChI=1S/C16H29BrN2O/c1-4-7-8-9-10-11-13(20)12-15-16(17)14(5-2)18-19(15)6-3/h13,20H,4-12H2,1-3H3. The molecular formula is C16H29BrN2O. The first kappa shape index (κ1) is 17.7. The minimum absolute atomic E-state index is 0.250. The Morgan fingerprint density at radius 1 is 1.15 bits per heavy atom. The maximum atomic E-state index is 10.2. The highest BCUT2D eigenvalue weighted by Gasteiger charge is 2.17. The number of aromatic nitrogens is 2. The van der Waals surface area contributed by atoms with Crippen LogP contribution in [0.2, 0.25) is 0 Å². The van der Waals surface area contributed by atoms with Gasteiger partial charge < -0.3 is 5.11 Å². The topological polar surface area (TPSA) is 38.1 Å². The molecule has 0 bridgehead atoms. The highest BCUT2D eigenvalue weighted by Crippen LogP contribution is 2.24. The van der Waals surface area contributed by atoms with Crippen LogP contribution >= 0.6 is 15.9 Å². The van der Waals surface area contributed by atoms with Crippen LogP contribution in [-0.2, 0) is 19.4 Å². The zero-order chi connectivity index (χ0) is 15.0. The molecule has 4 heteroatoms. The SMILES string of the molecule is CCCCCCCC(O)Cc1c(Br)c(CC)nn1CC. The average molecular weight is 345 g/mol. The van der Waals surface area contributed by atoms with Crippen molar-refractivity contribution in [1.29, 1.82) is 0 Å². The summed E-state index contributed by atoms with van der Waals surface area (Å²) < 4.78 is 3.11. The Bertz CT molecular complexity index is 390. The molecule has 3 nitrogen and oxygen atoms in total. The fraction of sp³-hybridized carbons (Fsp3) is 0.812. The molecule has 1 atom stereocenters. The van der Waals surface area contributed by atoms with Gasteiger partial charge in [0.25, 0.3) is 0 Å². The van der Waals surface area contributed by atoms with Gasteiger partial charge in [-0.05, 0) is 35.7 Å². The summed E-state index contributed by atoms with van der Waals surface area (Å²) in [5.41, 5.74) is 2.24. The normalized spacial score (nSPS) is 12.8. The number of unbranched alkanes of at least 4 members (excludes halogenated alkanes) is 4. The summed E-state index contributed by atoms with van der Waals surface area (Å²) in [6, 6.07) is 0. The molecule has 0 fully saturated rings. The molecule has 0 aromatic carbocycles. The molecule has 0 saturated carbocycles. The number of halogens is 1. The van der Waals surface area contributed by atoms with Crippen molar-refractivity contribution in [1.82, 2.24) is 9.78 Å². The first-order chi connectivity index (χ1) is 9.63. The van der Waals surface area contributed by atoms with Crippen molar-refractivity contribution in [3.8, 4) is 0 Å². The number of hydrogen-bond donors (Lipinski definition) is 1. The van der Waals surface area contributed by atoms with E-state index in [4.69, 9.17) is 0 Å². The molecule has 1 N–H and O–H groups in total. The third kappa shape index (κ3) is 5.21. The lowest BCUT2D eigenvalue weighted by molar-refractivity contribution is 0.158. The summed E-state index contributed by atoms with van der Waals surface area (Å²) in [6.45, 7) is 7.29. The number of rotatable bonds is 10. The summed E-state index contributed by atoms with van der Waals surface area (Å²) in [7, 11) is 0. The van der Waals surface area contributed by atoms with E-state index < -0.39 is 0 Å². The van der Waals surface area contributed by atoms with Gasteiger partial charge in [-0.2, -0.15) is 5.10 Å². The van der Waals surface area contributed by atoms with Gasteiger partial charge >= 0.3 is 0 Å². The maximum Gasteiger partial charge on any atom is 0.0766 e. The Balaban J connectivity index is 2.48. The predicted molar refractivity (Wildman–Crippen MR) is 88.1 cm³/mol. The quantitative estimate of drug-likeness (QED) is 0.635. The summed E-state index contributed by atoms with van der Waals surface area (Å²) in [4.78, 5) is 0. The largest absolute Gasteiger partial charge is 0.393 e. The van der Waals surface area contributed by atoms with Crippen molar-refractivity contribution in [2.24, 2.45) is 0 Å². The van der Waals surface area contributed by atoms with Gasteiger partial charge in [0.15, 0.2) is 0 Å². The molecule has 20 heavy (non-hydrogen) atoms. The van der Waals surface area contributed by atoms with Crippen molar-refractivity contribution in [2.75, 3.05) is 0 Å². The molecule has 0 saturated heterocycles. The van der Waals surface area contributed by atoms with Gasteiger partial charge in [0, 0.05) is 13.0 Å². The van der Waals surface area contributed by atoms with Gasteiger partial charge in [-0.15, -0.1) is 0 Å². The summed E-state index contributed by atoms with van der Waals surface area (Å²) in [5, 5.41) is 14.8. The molecule has 0 radical (unpaired) electrons. The smallest absolute Gasteiger partial charge is 0.0766 e. The van der Waals surface area contributed by atoms with Gasteiger partial charge in [0.05, 0.1) is 22.0 Å². The van der Waals surface area contributed by atoms with E-state index in [1.54, 1.807) is 0 Å². The highest BCUT2D eigenvalue weighted by atomic mass is 79.9. The van der Waals surface area contributed by atoms with Crippen molar-refractivity contribution < 1.29 is 5.11 Å². The minimum Gasteiger partial charge on any atom is -0.393 e. The van der Waals surface area contributed by atoms with E-state index in [0.29, 0.717) is 6.42 Å². The van der Waals surface area contributed by atoms with Crippen molar-refractivity contribution in [3.63, 3.8) is 0 Å². The maximum absolute atomic E-state index is 10.2. The predicted octanol–water partition coefficient (Wildman–Crippen LogP) is 4.49. The number of aliphatic hydroxyl groups excluding tert-OH is 1. The molecule has 0 spiro atoms. The van der Waals surface area contributed by atoms with Crippen LogP contribution in [0.5, 0.6) is 0 Å². The lowest BCUT2D eigenvalue weighted by Crippen LogP contribution is -2.14. The summed E-state index contributed by atoms with van der Waals surface area (Å²) >= 11 is 3.64. The van der Waals surface area contributed by atoms with Crippen LogP contribution in [-0.4, -0.2) is 21.0 Å². The molecule has 1 unspecified atom stereocenters. The second kappa shape index (κ2) is 9.56. The zero-order valence-electron chi connectivity index (χ0n) is 13.2. The zero-order valence-corrected chi connectivity index (χ0v) is 14.7. The number of nitrogens with zero attached hydrogens (tertiary/aromatic N) is 2. The Morgan fingerprint density at radius 2 is 1.85 bits per heavy atom. The lowest BCUT2D eigenvalue weighted by atomic mass is 10.0. The van der Waals surface area contributed by atoms with E-state index in [9.17, 15) is 5.11 Å². The monoisotopic (exact) mass is 344 g/mol.